The van der Waals surface area contributed by atoms with Crippen LogP contribution in [0.3, 0.4) is 0 Å². The molecule has 4 nitrogen and oxygen atoms in total. The molecule has 1 heterocycles. The second kappa shape index (κ2) is 11.2. The number of pyridine rings is 1. The van der Waals surface area contributed by atoms with Crippen molar-refractivity contribution in [1.29, 1.82) is 5.41 Å². The third kappa shape index (κ3) is 4.89. The highest BCUT2D eigenvalue weighted by molar-refractivity contribution is 6.51. The first-order chi connectivity index (χ1) is 22.2. The molecule has 2 N–H and O–H groups in total. The van der Waals surface area contributed by atoms with E-state index in [9.17, 15) is 0 Å². The van der Waals surface area contributed by atoms with Gasteiger partial charge in [0.1, 0.15) is 5.71 Å². The molecule has 8 rings (SSSR count). The fraction of sp³-hybridized carbons (Fsp3) is 0. The molecule has 0 amide bonds. The molecule has 7 aromatic rings. The van der Waals surface area contributed by atoms with Crippen molar-refractivity contribution in [3.05, 3.63) is 164 Å². The van der Waals surface area contributed by atoms with E-state index in [2.05, 4.69) is 119 Å². The SMILES string of the molecule is N=C1C=CC(c2ccccn2)=C/C1=N/Nc1ccc(-c2c3ccccc3c(-c3ccc4ccccc4c3)c3ccccc23)cc1. The molecule has 1 aliphatic rings. The summed E-state index contributed by atoms with van der Waals surface area (Å²) < 4.78 is 0. The van der Waals surface area contributed by atoms with Crippen LogP contribution in [0.1, 0.15) is 5.69 Å². The molecule has 4 heteroatoms. The molecule has 0 saturated heterocycles. The Hall–Kier alpha value is -6.13. The third-order valence-corrected chi connectivity index (χ3v) is 8.41. The average molecular weight is 577 g/mol. The number of nitrogens with zero attached hydrogens (tertiary/aromatic N) is 2. The van der Waals surface area contributed by atoms with Gasteiger partial charge in [-0.2, -0.15) is 5.10 Å². The maximum atomic E-state index is 8.36. The van der Waals surface area contributed by atoms with Gasteiger partial charge in [0.15, 0.2) is 0 Å². The number of hydrazone groups is 1. The van der Waals surface area contributed by atoms with E-state index >= 15 is 0 Å². The van der Waals surface area contributed by atoms with Crippen molar-refractivity contribution >= 4 is 55.0 Å². The van der Waals surface area contributed by atoms with E-state index in [0.29, 0.717) is 11.4 Å². The Bertz CT molecular complexity index is 2290. The van der Waals surface area contributed by atoms with Gasteiger partial charge in [-0.15, -0.1) is 0 Å². The maximum Gasteiger partial charge on any atom is 0.109 e. The predicted octanol–water partition coefficient (Wildman–Crippen LogP) is 10.3. The molecule has 0 aliphatic heterocycles. The van der Waals surface area contributed by atoms with Gasteiger partial charge in [-0.1, -0.05) is 109 Å². The normalized spacial score (nSPS) is 13.9. The molecule has 0 unspecified atom stereocenters. The first-order valence-electron chi connectivity index (χ1n) is 15.0. The Kier molecular flexibility index (Phi) is 6.58. The van der Waals surface area contributed by atoms with Crippen molar-refractivity contribution in [2.24, 2.45) is 5.10 Å². The summed E-state index contributed by atoms with van der Waals surface area (Å²) in [5, 5.41) is 20.3. The molecular weight excluding hydrogens is 548 g/mol. The van der Waals surface area contributed by atoms with Crippen LogP contribution in [0.25, 0.3) is 60.1 Å². The smallest absolute Gasteiger partial charge is 0.109 e. The fourth-order valence-electron chi connectivity index (χ4n) is 6.25. The Labute approximate surface area is 261 Å². The van der Waals surface area contributed by atoms with Crippen LogP contribution in [0, 0.1) is 5.41 Å². The van der Waals surface area contributed by atoms with Crippen molar-refractivity contribution in [2.75, 3.05) is 5.43 Å². The monoisotopic (exact) mass is 576 g/mol. The van der Waals surface area contributed by atoms with Crippen molar-refractivity contribution < 1.29 is 0 Å². The highest BCUT2D eigenvalue weighted by atomic mass is 15.3. The van der Waals surface area contributed by atoms with Crippen molar-refractivity contribution in [3.63, 3.8) is 0 Å². The molecule has 212 valence electrons. The molecular formula is C41H28N4. The van der Waals surface area contributed by atoms with E-state index < -0.39 is 0 Å². The van der Waals surface area contributed by atoms with Gasteiger partial charge in [-0.3, -0.25) is 15.8 Å². The number of anilines is 1. The minimum absolute atomic E-state index is 0.350. The van der Waals surface area contributed by atoms with Crippen LogP contribution in [0.2, 0.25) is 0 Å². The van der Waals surface area contributed by atoms with Gasteiger partial charge in [-0.05, 0) is 97.1 Å². The molecule has 0 fully saturated rings. The number of benzene rings is 6. The zero-order valence-electron chi connectivity index (χ0n) is 24.4. The van der Waals surface area contributed by atoms with Gasteiger partial charge < -0.3 is 0 Å². The minimum Gasteiger partial charge on any atom is -0.299 e. The van der Waals surface area contributed by atoms with E-state index in [1.54, 1.807) is 12.3 Å². The molecule has 0 spiro atoms. The lowest BCUT2D eigenvalue weighted by Crippen LogP contribution is -2.13. The van der Waals surface area contributed by atoms with Gasteiger partial charge in [0, 0.05) is 11.8 Å². The Morgan fingerprint density at radius 2 is 1.16 bits per heavy atom. The van der Waals surface area contributed by atoms with Gasteiger partial charge >= 0.3 is 0 Å². The van der Waals surface area contributed by atoms with Crippen LogP contribution < -0.4 is 5.43 Å². The zero-order valence-corrected chi connectivity index (χ0v) is 24.4. The lowest BCUT2D eigenvalue weighted by molar-refractivity contribution is 1.28. The van der Waals surface area contributed by atoms with Crippen molar-refractivity contribution in [2.45, 2.75) is 0 Å². The number of aromatic nitrogens is 1. The van der Waals surface area contributed by atoms with E-state index in [-0.39, 0.29) is 0 Å². The van der Waals surface area contributed by atoms with E-state index in [4.69, 9.17) is 5.41 Å². The summed E-state index contributed by atoms with van der Waals surface area (Å²) in [7, 11) is 0. The summed E-state index contributed by atoms with van der Waals surface area (Å²) in [6.45, 7) is 0. The first kappa shape index (κ1) is 26.5. The Morgan fingerprint density at radius 3 is 1.82 bits per heavy atom. The second-order valence-corrected chi connectivity index (χ2v) is 11.2. The molecule has 1 aliphatic carbocycles. The predicted molar refractivity (Wildman–Crippen MR) is 190 cm³/mol. The summed E-state index contributed by atoms with van der Waals surface area (Å²) in [6, 6.07) is 46.9. The number of allylic oxidation sites excluding steroid dienone is 4. The summed E-state index contributed by atoms with van der Waals surface area (Å²) in [4.78, 5) is 4.43. The summed E-state index contributed by atoms with van der Waals surface area (Å²) >= 11 is 0. The van der Waals surface area contributed by atoms with Crippen LogP contribution in [0.5, 0.6) is 0 Å². The molecule has 0 saturated carbocycles. The highest BCUT2D eigenvalue weighted by Gasteiger charge is 2.17. The Morgan fingerprint density at radius 1 is 0.556 bits per heavy atom. The molecule has 0 atom stereocenters. The number of fused-ring (bicyclic) bond motifs is 3. The van der Waals surface area contributed by atoms with Crippen LogP contribution in [-0.4, -0.2) is 16.4 Å². The van der Waals surface area contributed by atoms with Crippen molar-refractivity contribution in [3.8, 4) is 22.3 Å². The van der Waals surface area contributed by atoms with E-state index in [1.165, 1.54) is 49.0 Å². The van der Waals surface area contributed by atoms with Gasteiger partial charge in [0.25, 0.3) is 0 Å². The van der Waals surface area contributed by atoms with E-state index in [1.807, 2.05) is 42.5 Å². The molecule has 0 bridgehead atoms. The summed E-state index contributed by atoms with van der Waals surface area (Å²) in [5.74, 6) is 0. The summed E-state index contributed by atoms with van der Waals surface area (Å²) in [5.41, 5.74) is 11.5. The van der Waals surface area contributed by atoms with Crippen LogP contribution in [0.15, 0.2) is 163 Å². The second-order valence-electron chi connectivity index (χ2n) is 11.2. The van der Waals surface area contributed by atoms with Gasteiger partial charge in [0.2, 0.25) is 0 Å². The molecule has 1 aromatic heterocycles. The third-order valence-electron chi connectivity index (χ3n) is 8.41. The minimum atomic E-state index is 0.350. The zero-order chi connectivity index (χ0) is 30.2. The standard InChI is InChI=1S/C41H28N4/c42-37-23-20-30(38-15-7-8-24-43-38)26-39(37)45-44-32-21-18-28(19-22-32)40-33-11-3-5-13-35(33)41(36-14-6-4-12-34(36)40)31-17-16-27-9-1-2-10-29(27)25-31/h1-26,42,44H/b42-37?,45-39-. The largest absolute Gasteiger partial charge is 0.299 e. The molecule has 0 radical (unpaired) electrons. The molecule has 45 heavy (non-hydrogen) atoms. The first-order valence-corrected chi connectivity index (χ1v) is 15.0. The quantitative estimate of drug-likeness (QED) is 0.122. The van der Waals surface area contributed by atoms with E-state index in [0.717, 1.165) is 22.5 Å². The molecule has 6 aromatic carbocycles. The lowest BCUT2D eigenvalue weighted by Gasteiger charge is -2.18. The van der Waals surface area contributed by atoms with Crippen molar-refractivity contribution in [1.82, 2.24) is 4.98 Å². The Balaban J connectivity index is 1.19. The number of rotatable bonds is 5. The lowest BCUT2D eigenvalue weighted by atomic mass is 9.85. The topological polar surface area (TPSA) is 61.1 Å². The summed E-state index contributed by atoms with van der Waals surface area (Å²) in [6.07, 6.45) is 7.31. The number of hydrogen-bond acceptors (Lipinski definition) is 4. The van der Waals surface area contributed by atoms with Crippen LogP contribution in [-0.2, 0) is 0 Å². The van der Waals surface area contributed by atoms with Gasteiger partial charge in [-0.25, -0.2) is 0 Å². The fourth-order valence-corrected chi connectivity index (χ4v) is 6.25. The van der Waals surface area contributed by atoms with Crippen LogP contribution >= 0.6 is 0 Å². The average Bonchev–Trinajstić information content (AvgIpc) is 3.10. The van der Waals surface area contributed by atoms with Crippen LogP contribution in [0.4, 0.5) is 5.69 Å². The maximum absolute atomic E-state index is 8.36. The van der Waals surface area contributed by atoms with Gasteiger partial charge in [0.05, 0.1) is 17.1 Å². The number of nitrogens with one attached hydrogen (secondary N) is 2. The number of hydrogen-bond donors (Lipinski definition) is 2. The highest BCUT2D eigenvalue weighted by Crippen LogP contribution is 2.44.